The Morgan fingerprint density at radius 2 is 2.27 bits per heavy atom. The molecule has 62 valence electrons. The van der Waals surface area contributed by atoms with Gasteiger partial charge in [-0.15, -0.1) is 24.8 Å². The molecule has 1 unspecified atom stereocenters. The third kappa shape index (κ3) is 2.92. The maximum absolute atomic E-state index is 11.1. The van der Waals surface area contributed by atoms with Gasteiger partial charge in [0, 0.05) is 12.3 Å². The number of hydrogen-bond acceptors (Lipinski definition) is 2. The molecule has 1 saturated carbocycles. The molecule has 1 rings (SSSR count). The third-order valence-corrected chi connectivity index (χ3v) is 1.68. The SMILES string of the molecule is C#CCC(N)C(=O)C1CC1.Cl. The van der Waals surface area contributed by atoms with Crippen LogP contribution in [-0.4, -0.2) is 11.8 Å². The van der Waals surface area contributed by atoms with Crippen LogP contribution in [-0.2, 0) is 4.79 Å². The molecule has 1 atom stereocenters. The van der Waals surface area contributed by atoms with Gasteiger partial charge in [0.15, 0.2) is 5.78 Å². The van der Waals surface area contributed by atoms with Crippen LogP contribution in [0.4, 0.5) is 0 Å². The second kappa shape index (κ2) is 4.38. The third-order valence-electron chi connectivity index (χ3n) is 1.68. The molecule has 0 amide bonds. The molecule has 0 aromatic heterocycles. The van der Waals surface area contributed by atoms with Crippen molar-refractivity contribution in [3.63, 3.8) is 0 Å². The molecule has 1 aliphatic rings. The van der Waals surface area contributed by atoms with E-state index in [4.69, 9.17) is 12.2 Å². The summed E-state index contributed by atoms with van der Waals surface area (Å²) in [7, 11) is 0. The van der Waals surface area contributed by atoms with Gasteiger partial charge in [-0.25, -0.2) is 0 Å². The second-order valence-electron chi connectivity index (χ2n) is 2.69. The number of halogens is 1. The number of carbonyl (C=O) groups is 1. The standard InChI is InChI=1S/C8H11NO.ClH/c1-2-3-7(9)8(10)6-4-5-6;/h1,6-7H,3-5,9H2;1H. The number of hydrogen-bond donors (Lipinski definition) is 1. The first-order chi connectivity index (χ1) is 4.75. The fourth-order valence-corrected chi connectivity index (χ4v) is 0.898. The van der Waals surface area contributed by atoms with Crippen molar-refractivity contribution in [3.05, 3.63) is 0 Å². The molecule has 0 radical (unpaired) electrons. The van der Waals surface area contributed by atoms with E-state index >= 15 is 0 Å². The molecule has 2 N–H and O–H groups in total. The average molecular weight is 174 g/mol. The van der Waals surface area contributed by atoms with Crippen LogP contribution in [0, 0.1) is 18.3 Å². The van der Waals surface area contributed by atoms with Crippen molar-refractivity contribution < 1.29 is 4.79 Å². The molecule has 0 saturated heterocycles. The van der Waals surface area contributed by atoms with Crippen molar-refractivity contribution in [2.45, 2.75) is 25.3 Å². The number of carbonyl (C=O) groups excluding carboxylic acids is 1. The molecule has 0 aromatic rings. The van der Waals surface area contributed by atoms with E-state index in [2.05, 4.69) is 5.92 Å². The summed E-state index contributed by atoms with van der Waals surface area (Å²) in [6.45, 7) is 0. The van der Waals surface area contributed by atoms with Crippen LogP contribution < -0.4 is 5.73 Å². The lowest BCUT2D eigenvalue weighted by molar-refractivity contribution is -0.121. The Morgan fingerprint density at radius 1 is 1.73 bits per heavy atom. The van der Waals surface area contributed by atoms with Gasteiger partial charge >= 0.3 is 0 Å². The molecule has 1 fully saturated rings. The molecule has 0 aliphatic heterocycles. The number of rotatable bonds is 3. The highest BCUT2D eigenvalue weighted by molar-refractivity contribution is 5.88. The summed E-state index contributed by atoms with van der Waals surface area (Å²) in [6, 6.07) is -0.405. The summed E-state index contributed by atoms with van der Waals surface area (Å²) < 4.78 is 0. The lowest BCUT2D eigenvalue weighted by Crippen LogP contribution is -2.31. The van der Waals surface area contributed by atoms with Crippen molar-refractivity contribution in [2.75, 3.05) is 0 Å². The van der Waals surface area contributed by atoms with Crippen LogP contribution >= 0.6 is 12.4 Å². The summed E-state index contributed by atoms with van der Waals surface area (Å²) >= 11 is 0. The predicted octanol–water partition coefficient (Wildman–Crippen LogP) is 0.738. The highest BCUT2D eigenvalue weighted by Gasteiger charge is 2.32. The largest absolute Gasteiger partial charge is 0.321 e. The lowest BCUT2D eigenvalue weighted by atomic mass is 10.1. The van der Waals surface area contributed by atoms with Crippen LogP contribution in [0.25, 0.3) is 0 Å². The van der Waals surface area contributed by atoms with Crippen molar-refractivity contribution in [2.24, 2.45) is 11.7 Å². The summed E-state index contributed by atoms with van der Waals surface area (Å²) in [4.78, 5) is 11.1. The zero-order valence-electron chi connectivity index (χ0n) is 6.25. The van der Waals surface area contributed by atoms with E-state index in [9.17, 15) is 4.79 Å². The minimum absolute atomic E-state index is 0. The quantitative estimate of drug-likeness (QED) is 0.640. The van der Waals surface area contributed by atoms with Gasteiger partial charge in [-0.2, -0.15) is 0 Å². The Labute approximate surface area is 72.9 Å². The van der Waals surface area contributed by atoms with E-state index in [-0.39, 0.29) is 24.1 Å². The molecule has 2 nitrogen and oxygen atoms in total. The molecule has 11 heavy (non-hydrogen) atoms. The monoisotopic (exact) mass is 173 g/mol. The van der Waals surface area contributed by atoms with E-state index in [0.717, 1.165) is 12.8 Å². The van der Waals surface area contributed by atoms with Crippen molar-refractivity contribution >= 4 is 18.2 Å². The Kier molecular flexibility index (Phi) is 4.17. The fourth-order valence-electron chi connectivity index (χ4n) is 0.898. The van der Waals surface area contributed by atoms with Crippen LogP contribution in [0.3, 0.4) is 0 Å². The maximum Gasteiger partial charge on any atom is 0.153 e. The Hall–Kier alpha value is -0.520. The van der Waals surface area contributed by atoms with E-state index in [1.54, 1.807) is 0 Å². The van der Waals surface area contributed by atoms with Gasteiger partial charge in [0.25, 0.3) is 0 Å². The smallest absolute Gasteiger partial charge is 0.153 e. The van der Waals surface area contributed by atoms with Gasteiger partial charge in [-0.1, -0.05) is 0 Å². The highest BCUT2D eigenvalue weighted by Crippen LogP contribution is 2.30. The number of nitrogens with two attached hydrogens (primary N) is 1. The summed E-state index contributed by atoms with van der Waals surface area (Å²) in [5, 5.41) is 0. The molecule has 0 aromatic carbocycles. The molecule has 3 heteroatoms. The van der Waals surface area contributed by atoms with Gasteiger partial charge in [0.1, 0.15) is 0 Å². The second-order valence-corrected chi connectivity index (χ2v) is 2.69. The zero-order chi connectivity index (χ0) is 7.56. The minimum Gasteiger partial charge on any atom is -0.321 e. The van der Waals surface area contributed by atoms with Gasteiger partial charge < -0.3 is 5.73 Å². The van der Waals surface area contributed by atoms with Crippen LogP contribution in [0.5, 0.6) is 0 Å². The summed E-state index contributed by atoms with van der Waals surface area (Å²) in [5.74, 6) is 2.78. The fraction of sp³-hybridized carbons (Fsp3) is 0.625. The van der Waals surface area contributed by atoms with Gasteiger partial charge in [0.2, 0.25) is 0 Å². The van der Waals surface area contributed by atoms with E-state index in [0.29, 0.717) is 6.42 Å². The van der Waals surface area contributed by atoms with Crippen molar-refractivity contribution in [1.29, 1.82) is 0 Å². The highest BCUT2D eigenvalue weighted by atomic mass is 35.5. The summed E-state index contributed by atoms with van der Waals surface area (Å²) in [5.41, 5.74) is 5.48. The number of Topliss-reactive ketones (excluding diaryl/α,β-unsaturated/α-hetero) is 1. The Morgan fingerprint density at radius 3 is 2.64 bits per heavy atom. The van der Waals surface area contributed by atoms with Crippen LogP contribution in [0.1, 0.15) is 19.3 Å². The Balaban J connectivity index is 0.000001000. The lowest BCUT2D eigenvalue weighted by Gasteiger charge is -2.03. The predicted molar refractivity (Wildman–Crippen MR) is 46.4 cm³/mol. The average Bonchev–Trinajstić information content (AvgIpc) is 2.68. The zero-order valence-corrected chi connectivity index (χ0v) is 7.06. The number of ketones is 1. The Bertz CT molecular complexity index is 181. The first-order valence-electron chi connectivity index (χ1n) is 3.48. The summed E-state index contributed by atoms with van der Waals surface area (Å²) in [6.07, 6.45) is 7.41. The first-order valence-corrected chi connectivity index (χ1v) is 3.48. The van der Waals surface area contributed by atoms with Crippen molar-refractivity contribution in [3.8, 4) is 12.3 Å². The van der Waals surface area contributed by atoms with Crippen LogP contribution in [0.2, 0.25) is 0 Å². The molecule has 0 heterocycles. The molecule has 0 spiro atoms. The number of terminal acetylenes is 1. The molecular weight excluding hydrogens is 162 g/mol. The van der Waals surface area contributed by atoms with Crippen molar-refractivity contribution in [1.82, 2.24) is 0 Å². The van der Waals surface area contributed by atoms with Gasteiger partial charge in [0.05, 0.1) is 6.04 Å². The van der Waals surface area contributed by atoms with Gasteiger partial charge in [-0.3, -0.25) is 4.79 Å². The topological polar surface area (TPSA) is 43.1 Å². The molecule has 1 aliphatic carbocycles. The minimum atomic E-state index is -0.405. The maximum atomic E-state index is 11.1. The van der Waals surface area contributed by atoms with E-state index in [1.165, 1.54) is 0 Å². The molecule has 0 bridgehead atoms. The van der Waals surface area contributed by atoms with E-state index < -0.39 is 6.04 Å². The normalized spacial score (nSPS) is 17.8. The van der Waals surface area contributed by atoms with Crippen LogP contribution in [0.15, 0.2) is 0 Å². The first kappa shape index (κ1) is 10.5. The van der Waals surface area contributed by atoms with E-state index in [1.807, 2.05) is 0 Å². The molecular formula is C8H12ClNO. The van der Waals surface area contributed by atoms with Gasteiger partial charge in [-0.05, 0) is 12.8 Å².